The van der Waals surface area contributed by atoms with Crippen LogP contribution in [0, 0.1) is 10.5 Å². The first-order valence-corrected chi connectivity index (χ1v) is 10.5. The lowest BCUT2D eigenvalue weighted by molar-refractivity contribution is 0.262. The molecule has 0 aliphatic rings. The minimum Gasteiger partial charge on any atom is -0.383 e. The predicted octanol–water partition coefficient (Wildman–Crippen LogP) is 6.10. The summed E-state index contributed by atoms with van der Waals surface area (Å²) in [5.74, 6) is 0.534. The molecule has 2 amide bonds. The number of fused-ring (bicyclic) bond motifs is 1. The lowest BCUT2D eigenvalue weighted by atomic mass is 10.0. The number of rotatable bonds is 3. The molecule has 0 unspecified atom stereocenters. The molecule has 2 aromatic carbocycles. The maximum absolute atomic E-state index is 12.2. The van der Waals surface area contributed by atoms with Gasteiger partial charge in [-0.25, -0.2) is 9.78 Å². The van der Waals surface area contributed by atoms with E-state index < -0.39 is 0 Å². The molecule has 0 bridgehead atoms. The van der Waals surface area contributed by atoms with Crippen LogP contribution in [0.4, 0.5) is 22.0 Å². The molecule has 7 heteroatoms. The SMILES string of the molecule is Cc1cccc(NC(=O)Nc2ccc(-c3csc4c(I)cnc(N)c34)cc2)c1. The van der Waals surface area contributed by atoms with Crippen molar-refractivity contribution in [1.82, 2.24) is 4.98 Å². The Balaban J connectivity index is 1.53. The van der Waals surface area contributed by atoms with Gasteiger partial charge in [-0.1, -0.05) is 24.3 Å². The third-order valence-electron chi connectivity index (χ3n) is 4.31. The van der Waals surface area contributed by atoms with Gasteiger partial charge in [0.25, 0.3) is 0 Å². The van der Waals surface area contributed by atoms with Crippen LogP contribution in [0.15, 0.2) is 60.1 Å². The summed E-state index contributed by atoms with van der Waals surface area (Å²) < 4.78 is 2.23. The van der Waals surface area contributed by atoms with Crippen LogP contribution in [-0.2, 0) is 0 Å². The molecule has 0 aliphatic carbocycles. The maximum Gasteiger partial charge on any atom is 0.323 e. The van der Waals surface area contributed by atoms with Crippen molar-refractivity contribution in [2.24, 2.45) is 0 Å². The summed E-state index contributed by atoms with van der Waals surface area (Å²) in [5.41, 5.74) is 10.8. The van der Waals surface area contributed by atoms with Gasteiger partial charge in [-0.3, -0.25) is 0 Å². The molecule has 0 fully saturated rings. The van der Waals surface area contributed by atoms with E-state index >= 15 is 0 Å². The average Bonchev–Trinajstić information content (AvgIpc) is 3.12. The molecule has 0 aliphatic heterocycles. The zero-order valence-corrected chi connectivity index (χ0v) is 18.0. The zero-order chi connectivity index (χ0) is 19.7. The number of carbonyl (C=O) groups is 1. The van der Waals surface area contributed by atoms with Crippen molar-refractivity contribution in [3.05, 3.63) is 69.2 Å². The van der Waals surface area contributed by atoms with Gasteiger partial charge in [0.05, 0.1) is 4.70 Å². The predicted molar refractivity (Wildman–Crippen MR) is 126 cm³/mol. The number of nitrogens with zero attached hydrogens (tertiary/aromatic N) is 1. The number of carbonyl (C=O) groups excluding carboxylic acids is 1. The highest BCUT2D eigenvalue weighted by molar-refractivity contribution is 14.1. The topological polar surface area (TPSA) is 80.0 Å². The Morgan fingerprint density at radius 3 is 2.61 bits per heavy atom. The van der Waals surface area contributed by atoms with Gasteiger partial charge >= 0.3 is 6.03 Å². The monoisotopic (exact) mass is 500 g/mol. The lowest BCUT2D eigenvalue weighted by Crippen LogP contribution is -2.19. The van der Waals surface area contributed by atoms with Gasteiger partial charge in [0, 0.05) is 32.1 Å². The first-order chi connectivity index (χ1) is 13.5. The Morgan fingerprint density at radius 1 is 1.11 bits per heavy atom. The van der Waals surface area contributed by atoms with Crippen LogP contribution < -0.4 is 16.4 Å². The van der Waals surface area contributed by atoms with Crippen molar-refractivity contribution in [2.75, 3.05) is 16.4 Å². The van der Waals surface area contributed by atoms with E-state index in [9.17, 15) is 4.79 Å². The Kier molecular flexibility index (Phi) is 5.19. The second-order valence-corrected chi connectivity index (χ2v) is 8.41. The number of amides is 2. The number of halogens is 1. The summed E-state index contributed by atoms with van der Waals surface area (Å²) in [5, 5.41) is 8.77. The molecule has 4 N–H and O–H groups in total. The number of anilines is 3. The number of nitrogen functional groups attached to an aromatic ring is 1. The van der Waals surface area contributed by atoms with Gasteiger partial charge in [0.1, 0.15) is 5.82 Å². The van der Waals surface area contributed by atoms with Crippen LogP contribution >= 0.6 is 33.9 Å². The highest BCUT2D eigenvalue weighted by atomic mass is 127. The summed E-state index contributed by atoms with van der Waals surface area (Å²) in [4.78, 5) is 16.5. The van der Waals surface area contributed by atoms with Crippen LogP contribution in [0.3, 0.4) is 0 Å². The van der Waals surface area contributed by atoms with Crippen LogP contribution in [0.1, 0.15) is 5.56 Å². The van der Waals surface area contributed by atoms with Crippen LogP contribution in [-0.4, -0.2) is 11.0 Å². The van der Waals surface area contributed by atoms with E-state index in [4.69, 9.17) is 5.73 Å². The quantitative estimate of drug-likeness (QED) is 0.298. The first-order valence-electron chi connectivity index (χ1n) is 8.57. The zero-order valence-electron chi connectivity index (χ0n) is 15.0. The van der Waals surface area contributed by atoms with Gasteiger partial charge < -0.3 is 16.4 Å². The van der Waals surface area contributed by atoms with Gasteiger partial charge in [-0.05, 0) is 70.3 Å². The summed E-state index contributed by atoms with van der Waals surface area (Å²) in [6.45, 7) is 1.99. The Hall–Kier alpha value is -2.65. The van der Waals surface area contributed by atoms with Crippen LogP contribution in [0.2, 0.25) is 0 Å². The highest BCUT2D eigenvalue weighted by Gasteiger charge is 2.13. The second kappa shape index (κ2) is 7.76. The molecule has 0 atom stereocenters. The minimum atomic E-state index is -0.276. The average molecular weight is 500 g/mol. The van der Waals surface area contributed by atoms with Crippen molar-refractivity contribution >= 4 is 67.2 Å². The fourth-order valence-corrected chi connectivity index (χ4v) is 4.78. The standard InChI is InChI=1S/C21H17IN4OS/c1-12-3-2-4-15(9-12)26-21(27)25-14-7-5-13(6-8-14)16-11-28-19-17(22)10-24-20(23)18(16)19/h2-11H,1H3,(H2,23,24)(H2,25,26,27). The summed E-state index contributed by atoms with van der Waals surface area (Å²) in [6.07, 6.45) is 1.79. The third kappa shape index (κ3) is 3.81. The van der Waals surface area contributed by atoms with Gasteiger partial charge in [-0.15, -0.1) is 11.3 Å². The number of aromatic nitrogens is 1. The van der Waals surface area contributed by atoms with Crippen molar-refractivity contribution < 1.29 is 4.79 Å². The Morgan fingerprint density at radius 2 is 1.86 bits per heavy atom. The number of aryl methyl sites for hydroxylation is 1. The molecule has 2 aromatic heterocycles. The highest BCUT2D eigenvalue weighted by Crippen LogP contribution is 2.39. The van der Waals surface area contributed by atoms with Crippen molar-refractivity contribution in [1.29, 1.82) is 0 Å². The Bertz CT molecular complexity index is 1170. The lowest BCUT2D eigenvalue weighted by Gasteiger charge is -2.09. The van der Waals surface area contributed by atoms with E-state index in [1.807, 2.05) is 55.5 Å². The number of nitrogens with two attached hydrogens (primary N) is 1. The van der Waals surface area contributed by atoms with Crippen LogP contribution in [0.5, 0.6) is 0 Å². The fraction of sp³-hybridized carbons (Fsp3) is 0.0476. The van der Waals surface area contributed by atoms with E-state index in [0.29, 0.717) is 11.5 Å². The van der Waals surface area contributed by atoms with E-state index in [2.05, 4.69) is 43.6 Å². The van der Waals surface area contributed by atoms with Gasteiger partial charge in [0.15, 0.2) is 0 Å². The number of hydrogen-bond acceptors (Lipinski definition) is 4. The van der Waals surface area contributed by atoms with Crippen LogP contribution in [0.25, 0.3) is 21.2 Å². The van der Waals surface area contributed by atoms with Gasteiger partial charge in [-0.2, -0.15) is 0 Å². The summed E-state index contributed by atoms with van der Waals surface area (Å²) >= 11 is 3.93. The molecule has 140 valence electrons. The number of benzene rings is 2. The molecule has 28 heavy (non-hydrogen) atoms. The van der Waals surface area contributed by atoms with E-state index in [-0.39, 0.29) is 6.03 Å². The summed E-state index contributed by atoms with van der Waals surface area (Å²) in [6, 6.07) is 15.1. The molecule has 0 radical (unpaired) electrons. The van der Waals surface area contributed by atoms with E-state index in [0.717, 1.165) is 36.0 Å². The number of urea groups is 1. The first kappa shape index (κ1) is 18.7. The van der Waals surface area contributed by atoms with Gasteiger partial charge in [0.2, 0.25) is 0 Å². The summed E-state index contributed by atoms with van der Waals surface area (Å²) in [7, 11) is 0. The Labute approximate surface area is 180 Å². The molecule has 2 heterocycles. The van der Waals surface area contributed by atoms with E-state index in [1.165, 1.54) is 0 Å². The third-order valence-corrected chi connectivity index (χ3v) is 6.51. The minimum absolute atomic E-state index is 0.276. The maximum atomic E-state index is 12.2. The molecule has 4 rings (SSSR count). The molecular formula is C21H17IN4OS. The van der Waals surface area contributed by atoms with Crippen molar-refractivity contribution in [2.45, 2.75) is 6.92 Å². The number of pyridine rings is 1. The molecule has 0 saturated heterocycles. The smallest absolute Gasteiger partial charge is 0.323 e. The number of hydrogen-bond donors (Lipinski definition) is 3. The van der Waals surface area contributed by atoms with Crippen molar-refractivity contribution in [3.63, 3.8) is 0 Å². The normalized spacial score (nSPS) is 10.8. The van der Waals surface area contributed by atoms with Crippen molar-refractivity contribution in [3.8, 4) is 11.1 Å². The fourth-order valence-electron chi connectivity index (χ4n) is 3.00. The molecule has 0 spiro atoms. The molecule has 0 saturated carbocycles. The molecular weight excluding hydrogens is 483 g/mol. The molecule has 4 aromatic rings. The van der Waals surface area contributed by atoms with E-state index in [1.54, 1.807) is 17.5 Å². The second-order valence-electron chi connectivity index (χ2n) is 6.37. The largest absolute Gasteiger partial charge is 0.383 e. The number of nitrogens with one attached hydrogen (secondary N) is 2. The molecule has 5 nitrogen and oxygen atoms in total. The number of thiophene rings is 1.